The molecule has 18 heteroatoms. The maximum absolute atomic E-state index is 13.9. The molecule has 2 aromatic carbocycles. The van der Waals surface area contributed by atoms with Crippen LogP contribution < -0.4 is 18.9 Å². The van der Waals surface area contributed by atoms with Gasteiger partial charge in [-0.3, -0.25) is 14.5 Å². The van der Waals surface area contributed by atoms with Crippen LogP contribution in [0.2, 0.25) is 10.0 Å². The van der Waals surface area contributed by atoms with Crippen LogP contribution in [0.4, 0.5) is 14.5 Å². The summed E-state index contributed by atoms with van der Waals surface area (Å²) in [6.45, 7) is 4.83. The highest BCUT2D eigenvalue weighted by Crippen LogP contribution is 2.39. The number of esters is 3. The summed E-state index contributed by atoms with van der Waals surface area (Å²) in [5, 5.41) is 0.347. The lowest BCUT2D eigenvalue weighted by molar-refractivity contribution is -0.168. The Labute approximate surface area is 339 Å². The van der Waals surface area contributed by atoms with E-state index in [1.165, 1.54) is 62.6 Å². The topological polar surface area (TPSA) is 166 Å². The first kappa shape index (κ1) is 43.7. The average molecular weight is 858 g/mol. The minimum absolute atomic E-state index is 0.00496. The summed E-state index contributed by atoms with van der Waals surface area (Å²) >= 11 is 12.8. The van der Waals surface area contributed by atoms with Crippen molar-refractivity contribution < 1.29 is 60.0 Å². The van der Waals surface area contributed by atoms with Crippen LogP contribution in [0.25, 0.3) is 0 Å². The Morgan fingerprint density at radius 2 is 1.47 bits per heavy atom. The molecule has 1 aromatic heterocycles. The molecule has 2 aliphatic carbocycles. The second-order valence-electron chi connectivity index (χ2n) is 15.3. The fraction of sp³-hybridized carbons (Fsp3) is 0.487. The number of benzene rings is 2. The number of hydrogen-bond acceptors (Lipinski definition) is 12. The van der Waals surface area contributed by atoms with Gasteiger partial charge in [-0.05, 0) is 114 Å². The van der Waals surface area contributed by atoms with Gasteiger partial charge in [0.05, 0.1) is 34.5 Å². The number of alkyl halides is 2. The van der Waals surface area contributed by atoms with Crippen LogP contribution in [0.5, 0.6) is 17.2 Å². The van der Waals surface area contributed by atoms with Gasteiger partial charge in [-0.15, -0.1) is 0 Å². The van der Waals surface area contributed by atoms with E-state index in [2.05, 4.69) is 14.4 Å². The van der Waals surface area contributed by atoms with E-state index < -0.39 is 57.6 Å². The molecule has 57 heavy (non-hydrogen) atoms. The zero-order valence-electron chi connectivity index (χ0n) is 31.9. The summed E-state index contributed by atoms with van der Waals surface area (Å²) in [5.41, 5.74) is -2.26. The Kier molecular flexibility index (Phi) is 13.8. The lowest BCUT2D eigenvalue weighted by Gasteiger charge is -2.27. The molecule has 0 bridgehead atoms. The van der Waals surface area contributed by atoms with Crippen molar-refractivity contribution in [3.05, 3.63) is 75.5 Å². The zero-order valence-corrected chi connectivity index (χ0v) is 34.3. The Hall–Kier alpha value is -4.41. The van der Waals surface area contributed by atoms with E-state index in [0.29, 0.717) is 11.1 Å². The van der Waals surface area contributed by atoms with E-state index in [0.717, 1.165) is 25.7 Å². The van der Waals surface area contributed by atoms with Crippen LogP contribution in [0.3, 0.4) is 0 Å². The highest BCUT2D eigenvalue weighted by Gasteiger charge is 2.37. The quantitative estimate of drug-likeness (QED) is 0.0911. The first-order valence-electron chi connectivity index (χ1n) is 18.1. The molecule has 0 aliphatic heterocycles. The molecule has 0 radical (unpaired) electrons. The van der Waals surface area contributed by atoms with E-state index in [9.17, 15) is 31.6 Å². The molecule has 2 fully saturated rings. The molecular formula is C39H44Cl2F2N2O11S. The van der Waals surface area contributed by atoms with Crippen molar-refractivity contribution in [1.82, 2.24) is 4.98 Å². The Balaban J connectivity index is 1.37. The van der Waals surface area contributed by atoms with Gasteiger partial charge in [-0.2, -0.15) is 8.78 Å². The lowest BCUT2D eigenvalue weighted by Crippen LogP contribution is -2.39. The highest BCUT2D eigenvalue weighted by atomic mass is 35.5. The van der Waals surface area contributed by atoms with Crippen LogP contribution >= 0.6 is 23.2 Å². The second kappa shape index (κ2) is 18.0. The molecule has 3 aromatic rings. The predicted molar refractivity (Wildman–Crippen MR) is 205 cm³/mol. The largest absolute Gasteiger partial charge is 0.491 e. The fourth-order valence-electron chi connectivity index (χ4n) is 5.25. The van der Waals surface area contributed by atoms with Gasteiger partial charge >= 0.3 is 24.5 Å². The van der Waals surface area contributed by atoms with Crippen LogP contribution in [-0.4, -0.2) is 68.1 Å². The summed E-state index contributed by atoms with van der Waals surface area (Å²) in [4.78, 5) is 43.7. The van der Waals surface area contributed by atoms with Gasteiger partial charge in [0.1, 0.15) is 17.5 Å². The van der Waals surface area contributed by atoms with Crippen molar-refractivity contribution in [1.29, 1.82) is 0 Å². The van der Waals surface area contributed by atoms with Crippen molar-refractivity contribution in [2.45, 2.75) is 90.6 Å². The summed E-state index contributed by atoms with van der Waals surface area (Å²) in [7, 11) is -4.25. The molecule has 1 heterocycles. The number of halogens is 4. The van der Waals surface area contributed by atoms with Gasteiger partial charge in [-0.25, -0.2) is 18.0 Å². The van der Waals surface area contributed by atoms with Crippen molar-refractivity contribution in [2.24, 2.45) is 11.8 Å². The first-order chi connectivity index (χ1) is 26.7. The minimum Gasteiger partial charge on any atom is -0.491 e. The van der Waals surface area contributed by atoms with E-state index >= 15 is 0 Å². The molecular weight excluding hydrogens is 813 g/mol. The van der Waals surface area contributed by atoms with Gasteiger partial charge in [-0.1, -0.05) is 29.3 Å². The highest BCUT2D eigenvalue weighted by molar-refractivity contribution is 7.93. The normalized spacial score (nSPS) is 15.1. The third-order valence-electron chi connectivity index (χ3n) is 8.54. The minimum atomic E-state index is -4.25. The number of rotatable bonds is 19. The number of nitrogens with zero attached hydrogens (tertiary/aromatic N) is 1. The Morgan fingerprint density at radius 3 is 2.05 bits per heavy atom. The molecule has 2 aliphatic rings. The molecule has 2 saturated carbocycles. The molecule has 13 nitrogen and oxygen atoms in total. The number of hydrogen-bond donors (Lipinski definition) is 1. The van der Waals surface area contributed by atoms with Crippen LogP contribution in [0, 0.1) is 11.8 Å². The van der Waals surface area contributed by atoms with E-state index in [1.54, 1.807) is 20.8 Å². The van der Waals surface area contributed by atoms with Gasteiger partial charge < -0.3 is 28.4 Å². The smallest absolute Gasteiger partial charge is 0.387 e. The van der Waals surface area contributed by atoms with Crippen LogP contribution in [0.15, 0.2) is 48.8 Å². The standard InChI is InChI=1S/C39H44Cl2F2N2O11S/c1-38(2,3)55-34(46)21-57(49,50)45-29-12-10-25(15-32(29)51-19-22-6-7-22)35(47)56-39(4,5)36(48)53-31(16-26-27(40)17-44-18-28(26)41)24-11-13-30(54-37(42)43)33(14-24)52-20-23-8-9-23/h10-15,17-18,22-23,31,37,45H,6-9,16,19-21H2,1-5H3/t31-/m0/s1. The second-order valence-corrected chi connectivity index (χ2v) is 17.9. The summed E-state index contributed by atoms with van der Waals surface area (Å²) in [6.07, 6.45) is 5.17. The number of ether oxygens (including phenoxy) is 6. The number of carbonyl (C=O) groups excluding carboxylic acids is 3. The zero-order chi connectivity index (χ0) is 41.7. The third kappa shape index (κ3) is 13.3. The van der Waals surface area contributed by atoms with Crippen molar-refractivity contribution >= 4 is 56.8 Å². The molecule has 310 valence electrons. The molecule has 1 atom stereocenters. The lowest BCUT2D eigenvalue weighted by atomic mass is 10.0. The third-order valence-corrected chi connectivity index (χ3v) is 10.3. The van der Waals surface area contributed by atoms with Gasteiger partial charge in [0.25, 0.3) is 0 Å². The summed E-state index contributed by atoms with van der Waals surface area (Å²) in [5.74, 6) is -3.57. The van der Waals surface area contributed by atoms with Crippen molar-refractivity contribution in [3.8, 4) is 17.2 Å². The summed E-state index contributed by atoms with van der Waals surface area (Å²) in [6, 6.07) is 7.93. The van der Waals surface area contributed by atoms with E-state index in [4.69, 9.17) is 46.9 Å². The van der Waals surface area contributed by atoms with Crippen LogP contribution in [-0.2, 0) is 40.2 Å². The molecule has 5 rings (SSSR count). The van der Waals surface area contributed by atoms with Gasteiger partial charge in [0.2, 0.25) is 15.6 Å². The Morgan fingerprint density at radius 1 is 0.860 bits per heavy atom. The molecule has 0 spiro atoms. The fourth-order valence-corrected chi connectivity index (χ4v) is 6.71. The van der Waals surface area contributed by atoms with E-state index in [-0.39, 0.29) is 70.0 Å². The average Bonchev–Trinajstić information content (AvgIpc) is 4.03. The van der Waals surface area contributed by atoms with Crippen molar-refractivity contribution in [2.75, 3.05) is 23.7 Å². The molecule has 0 saturated heterocycles. The van der Waals surface area contributed by atoms with Gasteiger partial charge in [0.15, 0.2) is 17.3 Å². The van der Waals surface area contributed by atoms with E-state index in [1.807, 2.05) is 0 Å². The summed E-state index contributed by atoms with van der Waals surface area (Å²) < 4.78 is 87.8. The number of sulfonamides is 1. The monoisotopic (exact) mass is 856 g/mol. The van der Waals surface area contributed by atoms with Gasteiger partial charge in [0, 0.05) is 18.8 Å². The molecule has 0 amide bonds. The van der Waals surface area contributed by atoms with Crippen molar-refractivity contribution in [3.63, 3.8) is 0 Å². The number of nitrogens with one attached hydrogen (secondary N) is 1. The number of anilines is 1. The maximum Gasteiger partial charge on any atom is 0.387 e. The molecule has 0 unspecified atom stereocenters. The predicted octanol–water partition coefficient (Wildman–Crippen LogP) is 8.11. The number of aromatic nitrogens is 1. The first-order valence-corrected chi connectivity index (χ1v) is 20.5. The maximum atomic E-state index is 13.9. The SMILES string of the molecule is CC(C)(C)OC(=O)CS(=O)(=O)Nc1ccc(C(=O)OC(C)(C)C(=O)O[C@@H](Cc2c(Cl)cncc2Cl)c2ccc(OC(F)F)c(OCC3CC3)c2)cc1OCC1CC1. The number of pyridine rings is 1. The number of carbonyl (C=O) groups is 3. The van der Waals surface area contributed by atoms with Crippen LogP contribution in [0.1, 0.15) is 87.9 Å². The Bertz CT molecular complexity index is 2050. The molecule has 1 N–H and O–H groups in total.